The van der Waals surface area contributed by atoms with Crippen LogP contribution in [0.1, 0.15) is 64.9 Å². The molecule has 4 atom stereocenters. The largest absolute Gasteiger partial charge is 0.416 e. The Labute approximate surface area is 205 Å². The van der Waals surface area contributed by atoms with Crippen molar-refractivity contribution in [3.05, 3.63) is 30.1 Å². The Bertz CT molecular complexity index is 1030. The molecule has 1 N–H and O–H groups in total. The van der Waals surface area contributed by atoms with E-state index >= 15 is 0 Å². The number of likely N-dealkylation sites (tertiary alicyclic amines) is 1. The Morgan fingerprint density at radius 3 is 2.57 bits per heavy atom. The van der Waals surface area contributed by atoms with Crippen molar-refractivity contribution >= 4 is 22.6 Å². The van der Waals surface area contributed by atoms with Gasteiger partial charge in [0.25, 0.3) is 0 Å². The van der Waals surface area contributed by atoms with Gasteiger partial charge in [0.1, 0.15) is 18.2 Å². The maximum atomic E-state index is 13.5. The molecule has 1 saturated carbocycles. The van der Waals surface area contributed by atoms with E-state index in [4.69, 9.17) is 0 Å². The second-order valence-electron chi connectivity index (χ2n) is 9.77. The highest BCUT2D eigenvalue weighted by Crippen LogP contribution is 2.37. The van der Waals surface area contributed by atoms with Crippen LogP contribution in [-0.4, -0.2) is 63.4 Å². The van der Waals surface area contributed by atoms with Crippen LogP contribution in [0.25, 0.3) is 10.9 Å². The predicted molar refractivity (Wildman–Crippen MR) is 131 cm³/mol. The van der Waals surface area contributed by atoms with E-state index in [1.54, 1.807) is 0 Å². The van der Waals surface area contributed by atoms with Crippen LogP contribution < -0.4 is 5.32 Å². The van der Waals surface area contributed by atoms with Crippen molar-refractivity contribution in [1.29, 1.82) is 0 Å². The van der Waals surface area contributed by atoms with E-state index in [2.05, 4.69) is 41.0 Å². The van der Waals surface area contributed by atoms with Gasteiger partial charge in [-0.15, -0.1) is 0 Å². The van der Waals surface area contributed by atoms with E-state index in [9.17, 15) is 18.0 Å². The number of nitrogens with one attached hydrogen (secondary N) is 1. The van der Waals surface area contributed by atoms with E-state index in [-0.39, 0.29) is 23.2 Å². The molecule has 1 aromatic heterocycles. The van der Waals surface area contributed by atoms with Crippen LogP contribution in [0.4, 0.5) is 19.0 Å². The molecule has 1 aliphatic heterocycles. The lowest BCUT2D eigenvalue weighted by Gasteiger charge is -2.44. The smallest absolute Gasteiger partial charge is 0.358 e. The molecule has 0 spiro atoms. The van der Waals surface area contributed by atoms with Crippen molar-refractivity contribution in [2.75, 3.05) is 25.0 Å². The lowest BCUT2D eigenvalue weighted by atomic mass is 9.78. The number of fused-ring (bicyclic) bond motifs is 1. The normalized spacial score (nSPS) is 25.6. The molecule has 2 heterocycles. The summed E-state index contributed by atoms with van der Waals surface area (Å²) in [7, 11) is 0. The number of halogens is 3. The Kier molecular flexibility index (Phi) is 7.83. The summed E-state index contributed by atoms with van der Waals surface area (Å²) in [6, 6.07) is 3.72. The third kappa shape index (κ3) is 5.39. The number of hydrogen-bond donors (Lipinski definition) is 1. The molecule has 192 valence electrons. The van der Waals surface area contributed by atoms with E-state index in [1.165, 1.54) is 12.4 Å². The topological polar surface area (TPSA) is 61.4 Å². The Morgan fingerprint density at radius 2 is 1.89 bits per heavy atom. The summed E-state index contributed by atoms with van der Waals surface area (Å²) in [5.41, 5.74) is -0.342. The molecule has 0 unspecified atom stereocenters. The fourth-order valence-corrected chi connectivity index (χ4v) is 6.06. The highest BCUT2D eigenvalue weighted by Gasteiger charge is 2.42. The average Bonchev–Trinajstić information content (AvgIpc) is 3.19. The maximum Gasteiger partial charge on any atom is 0.416 e. The van der Waals surface area contributed by atoms with Gasteiger partial charge in [0.2, 0.25) is 5.91 Å². The number of aromatic nitrogens is 2. The molecular weight excluding hydrogens is 455 g/mol. The summed E-state index contributed by atoms with van der Waals surface area (Å²) in [5.74, 6) is 0.768. The lowest BCUT2D eigenvalue weighted by molar-refractivity contribution is -0.137. The Morgan fingerprint density at radius 1 is 1.11 bits per heavy atom. The quantitative estimate of drug-likeness (QED) is 0.540. The van der Waals surface area contributed by atoms with E-state index in [0.29, 0.717) is 30.4 Å². The molecule has 9 heteroatoms. The van der Waals surface area contributed by atoms with Gasteiger partial charge >= 0.3 is 6.18 Å². The van der Waals surface area contributed by atoms with Gasteiger partial charge in [0.15, 0.2) is 0 Å². The number of carbonyl (C=O) groups excluding carboxylic acids is 1. The SMILES string of the molecule is CCC[C@@H]1C[C@H](N(CC)CC)CC[C@@H]1N1CC[C@H](Nc2ncnc3ccc(C(F)(F)F)cc23)C1=O. The number of carbonyl (C=O) groups is 1. The molecule has 6 nitrogen and oxygen atoms in total. The molecule has 2 aromatic rings. The molecule has 2 fully saturated rings. The van der Waals surface area contributed by atoms with E-state index in [1.807, 2.05) is 4.90 Å². The fraction of sp³-hybridized carbons (Fsp3) is 0.654. The van der Waals surface area contributed by atoms with Gasteiger partial charge in [-0.25, -0.2) is 9.97 Å². The van der Waals surface area contributed by atoms with Crippen molar-refractivity contribution < 1.29 is 18.0 Å². The highest BCUT2D eigenvalue weighted by atomic mass is 19.4. The first-order valence-corrected chi connectivity index (χ1v) is 12.9. The summed E-state index contributed by atoms with van der Waals surface area (Å²) < 4.78 is 39.8. The number of rotatable bonds is 8. The number of nitrogens with zero attached hydrogens (tertiary/aromatic N) is 4. The van der Waals surface area contributed by atoms with Crippen LogP contribution in [0.2, 0.25) is 0 Å². The first-order valence-electron chi connectivity index (χ1n) is 12.9. The number of benzene rings is 1. The fourth-order valence-electron chi connectivity index (χ4n) is 6.06. The van der Waals surface area contributed by atoms with Crippen LogP contribution in [0.5, 0.6) is 0 Å². The highest BCUT2D eigenvalue weighted by molar-refractivity contribution is 5.93. The van der Waals surface area contributed by atoms with Crippen LogP contribution in [0.15, 0.2) is 24.5 Å². The second kappa shape index (κ2) is 10.7. The second-order valence-corrected chi connectivity index (χ2v) is 9.77. The number of hydrogen-bond acceptors (Lipinski definition) is 5. The molecule has 1 aliphatic carbocycles. The monoisotopic (exact) mass is 491 g/mol. The first kappa shape index (κ1) is 25.7. The molecule has 35 heavy (non-hydrogen) atoms. The number of amides is 1. The third-order valence-electron chi connectivity index (χ3n) is 7.82. The van der Waals surface area contributed by atoms with E-state index in [0.717, 1.165) is 57.3 Å². The Hall–Kier alpha value is -2.42. The molecule has 1 aromatic carbocycles. The summed E-state index contributed by atoms with van der Waals surface area (Å²) in [5, 5.41) is 3.43. The molecule has 1 saturated heterocycles. The summed E-state index contributed by atoms with van der Waals surface area (Å²) in [4.78, 5) is 26.3. The first-order chi connectivity index (χ1) is 16.8. The van der Waals surface area contributed by atoms with Gasteiger partial charge < -0.3 is 15.1 Å². The van der Waals surface area contributed by atoms with Gasteiger partial charge in [-0.2, -0.15) is 13.2 Å². The molecule has 1 amide bonds. The third-order valence-corrected chi connectivity index (χ3v) is 7.82. The molecule has 0 radical (unpaired) electrons. The minimum Gasteiger partial charge on any atom is -0.358 e. The minimum absolute atomic E-state index is 0.0242. The van der Waals surface area contributed by atoms with Crippen molar-refractivity contribution in [2.24, 2.45) is 5.92 Å². The van der Waals surface area contributed by atoms with Crippen LogP contribution in [0, 0.1) is 5.92 Å². The molecule has 4 rings (SSSR count). The summed E-state index contributed by atoms with van der Waals surface area (Å²) in [6.45, 7) is 9.36. The minimum atomic E-state index is -4.46. The number of alkyl halides is 3. The van der Waals surface area contributed by atoms with E-state index < -0.39 is 17.8 Å². The van der Waals surface area contributed by atoms with Crippen molar-refractivity contribution in [2.45, 2.75) is 83.6 Å². The van der Waals surface area contributed by atoms with Crippen molar-refractivity contribution in [3.8, 4) is 0 Å². The standard InChI is InChI=1S/C26H36F3N5O/c1-4-7-17-14-19(33(5-2)6-3)9-11-23(17)34-13-12-22(25(34)35)32-24-20-15-18(26(27,28)29)8-10-21(20)30-16-31-24/h8,10,15-17,19,22-23H,4-7,9,11-14H2,1-3H3,(H,30,31,32)/t17-,19-,22+,23+/m1/s1. The zero-order valence-electron chi connectivity index (χ0n) is 20.8. The molecule has 0 bridgehead atoms. The molecule has 2 aliphatic rings. The lowest BCUT2D eigenvalue weighted by Crippen LogP contribution is -2.50. The zero-order valence-corrected chi connectivity index (χ0v) is 20.8. The van der Waals surface area contributed by atoms with Crippen LogP contribution >= 0.6 is 0 Å². The van der Waals surface area contributed by atoms with Crippen molar-refractivity contribution in [1.82, 2.24) is 19.8 Å². The number of anilines is 1. The average molecular weight is 492 g/mol. The molecular formula is C26H36F3N5O. The van der Waals surface area contributed by atoms with Crippen LogP contribution in [-0.2, 0) is 11.0 Å². The maximum absolute atomic E-state index is 13.5. The van der Waals surface area contributed by atoms with Gasteiger partial charge in [0, 0.05) is 24.0 Å². The van der Waals surface area contributed by atoms with Gasteiger partial charge in [-0.1, -0.05) is 27.2 Å². The van der Waals surface area contributed by atoms with Gasteiger partial charge in [-0.05, 0) is 69.3 Å². The van der Waals surface area contributed by atoms with Gasteiger partial charge in [-0.3, -0.25) is 4.79 Å². The van der Waals surface area contributed by atoms with Gasteiger partial charge in [0.05, 0.1) is 11.1 Å². The summed E-state index contributed by atoms with van der Waals surface area (Å²) >= 11 is 0. The predicted octanol–water partition coefficient (Wildman–Crippen LogP) is 5.34. The zero-order chi connectivity index (χ0) is 25.2. The summed E-state index contributed by atoms with van der Waals surface area (Å²) in [6.07, 6.45) is 2.85. The Balaban J connectivity index is 1.50. The van der Waals surface area contributed by atoms with Crippen LogP contribution in [0.3, 0.4) is 0 Å². The van der Waals surface area contributed by atoms with Crippen molar-refractivity contribution in [3.63, 3.8) is 0 Å².